The first-order valence-electron chi connectivity index (χ1n) is 9.49. The predicted octanol–water partition coefficient (Wildman–Crippen LogP) is 2.32. The van der Waals surface area contributed by atoms with E-state index >= 15 is 0 Å². The highest BCUT2D eigenvalue weighted by Gasteiger charge is 2.24. The van der Waals surface area contributed by atoms with E-state index in [9.17, 15) is 9.59 Å². The van der Waals surface area contributed by atoms with Crippen LogP contribution in [0.1, 0.15) is 50.5 Å². The van der Waals surface area contributed by atoms with E-state index in [1.54, 1.807) is 17.0 Å². The van der Waals surface area contributed by atoms with Crippen LogP contribution in [-0.2, 0) is 17.6 Å². The van der Waals surface area contributed by atoms with Crippen molar-refractivity contribution < 1.29 is 14.3 Å². The number of aromatic nitrogens is 2. The first kappa shape index (κ1) is 17.7. The molecule has 1 fully saturated rings. The quantitative estimate of drug-likeness (QED) is 0.870. The standard InChI is InChI=1S/C20H24N4O3/c1-13-14(20(26)24-9-11-27-12-10-24)6-4-8-16(13)21-19(25)18-15-5-2-3-7-17(15)22-23-18/h4,6,8H,2-3,5,7,9-12H2,1H3,(H,21,25)(H,22,23). The van der Waals surface area contributed by atoms with Gasteiger partial charge >= 0.3 is 0 Å². The smallest absolute Gasteiger partial charge is 0.276 e. The Morgan fingerprint density at radius 3 is 2.78 bits per heavy atom. The zero-order chi connectivity index (χ0) is 18.8. The Bertz CT molecular complexity index is 868. The maximum atomic E-state index is 12.8. The molecule has 1 aliphatic heterocycles. The van der Waals surface area contributed by atoms with Crippen molar-refractivity contribution in [2.24, 2.45) is 0 Å². The molecule has 0 radical (unpaired) electrons. The number of morpholine rings is 1. The number of aryl methyl sites for hydroxylation is 1. The van der Waals surface area contributed by atoms with Gasteiger partial charge < -0.3 is 15.0 Å². The number of rotatable bonds is 3. The lowest BCUT2D eigenvalue weighted by Crippen LogP contribution is -2.41. The summed E-state index contributed by atoms with van der Waals surface area (Å²) in [6.07, 6.45) is 4.03. The molecule has 4 rings (SSSR count). The summed E-state index contributed by atoms with van der Waals surface area (Å²) in [4.78, 5) is 27.4. The van der Waals surface area contributed by atoms with E-state index in [0.717, 1.165) is 42.5 Å². The van der Waals surface area contributed by atoms with Crippen molar-refractivity contribution in [2.75, 3.05) is 31.6 Å². The molecule has 2 N–H and O–H groups in total. The number of benzene rings is 1. The molecule has 7 heteroatoms. The van der Waals surface area contributed by atoms with Crippen molar-refractivity contribution >= 4 is 17.5 Å². The van der Waals surface area contributed by atoms with Crippen molar-refractivity contribution in [3.63, 3.8) is 0 Å². The molecule has 2 aromatic rings. The highest BCUT2D eigenvalue weighted by Crippen LogP contribution is 2.25. The van der Waals surface area contributed by atoms with Crippen LogP contribution in [0.25, 0.3) is 0 Å². The maximum Gasteiger partial charge on any atom is 0.276 e. The Morgan fingerprint density at radius 2 is 1.96 bits per heavy atom. The molecule has 1 saturated heterocycles. The largest absolute Gasteiger partial charge is 0.378 e. The minimum absolute atomic E-state index is 0.0240. The van der Waals surface area contributed by atoms with Crippen LogP contribution < -0.4 is 5.32 Å². The van der Waals surface area contributed by atoms with E-state index < -0.39 is 0 Å². The average molecular weight is 368 g/mol. The zero-order valence-electron chi connectivity index (χ0n) is 15.5. The summed E-state index contributed by atoms with van der Waals surface area (Å²) in [5, 5.41) is 10.2. The van der Waals surface area contributed by atoms with Crippen molar-refractivity contribution in [1.29, 1.82) is 0 Å². The molecule has 1 aromatic heterocycles. The number of H-pyrrole nitrogens is 1. The highest BCUT2D eigenvalue weighted by molar-refractivity contribution is 6.06. The predicted molar refractivity (Wildman–Crippen MR) is 101 cm³/mol. The van der Waals surface area contributed by atoms with Gasteiger partial charge in [0, 0.05) is 35.6 Å². The Balaban J connectivity index is 1.55. The van der Waals surface area contributed by atoms with Gasteiger partial charge in [-0.3, -0.25) is 14.7 Å². The molecule has 0 atom stereocenters. The van der Waals surface area contributed by atoms with Crippen LogP contribution in [0.4, 0.5) is 5.69 Å². The summed E-state index contributed by atoms with van der Waals surface area (Å²) < 4.78 is 5.32. The number of nitrogens with zero attached hydrogens (tertiary/aromatic N) is 2. The molecule has 2 aliphatic rings. The third kappa shape index (κ3) is 3.47. The van der Waals surface area contributed by atoms with Crippen molar-refractivity contribution in [3.05, 3.63) is 46.3 Å². The molecule has 0 spiro atoms. The SMILES string of the molecule is Cc1c(NC(=O)c2n[nH]c3c2CCCC3)cccc1C(=O)N1CCOCC1. The Labute approximate surface area is 158 Å². The van der Waals surface area contributed by atoms with Gasteiger partial charge in [-0.05, 0) is 50.3 Å². The normalized spacial score (nSPS) is 16.7. The Morgan fingerprint density at radius 1 is 1.19 bits per heavy atom. The van der Waals surface area contributed by atoms with Crippen LogP contribution in [0, 0.1) is 6.92 Å². The molecule has 1 aromatic carbocycles. The number of anilines is 1. The van der Waals surface area contributed by atoms with Gasteiger partial charge in [-0.15, -0.1) is 0 Å². The van der Waals surface area contributed by atoms with Crippen LogP contribution in [0.15, 0.2) is 18.2 Å². The third-order valence-corrected chi connectivity index (χ3v) is 5.38. The summed E-state index contributed by atoms with van der Waals surface area (Å²) in [5.74, 6) is -0.252. The van der Waals surface area contributed by atoms with E-state index in [1.165, 1.54) is 0 Å². The molecule has 2 amide bonds. The van der Waals surface area contributed by atoms with Crippen molar-refractivity contribution in [1.82, 2.24) is 15.1 Å². The fourth-order valence-electron chi connectivity index (χ4n) is 3.79. The van der Waals surface area contributed by atoms with Crippen molar-refractivity contribution in [2.45, 2.75) is 32.6 Å². The number of aromatic amines is 1. The Kier molecular flexibility index (Phi) is 4.94. The topological polar surface area (TPSA) is 87.3 Å². The van der Waals surface area contributed by atoms with Crippen LogP contribution in [0.5, 0.6) is 0 Å². The van der Waals surface area contributed by atoms with Gasteiger partial charge in [0.05, 0.1) is 13.2 Å². The Hall–Kier alpha value is -2.67. The van der Waals surface area contributed by atoms with Crippen molar-refractivity contribution in [3.8, 4) is 0 Å². The number of hydrogen-bond donors (Lipinski definition) is 2. The number of hydrogen-bond acceptors (Lipinski definition) is 4. The lowest BCUT2D eigenvalue weighted by molar-refractivity contribution is 0.0302. The number of carbonyl (C=O) groups excluding carboxylic acids is 2. The minimum Gasteiger partial charge on any atom is -0.378 e. The minimum atomic E-state index is -0.228. The zero-order valence-corrected chi connectivity index (χ0v) is 15.5. The lowest BCUT2D eigenvalue weighted by atomic mass is 9.95. The average Bonchev–Trinajstić information content (AvgIpc) is 3.14. The molecule has 0 saturated carbocycles. The van der Waals surface area contributed by atoms with Gasteiger partial charge in [-0.2, -0.15) is 5.10 Å². The van der Waals surface area contributed by atoms with Gasteiger partial charge in [0.15, 0.2) is 5.69 Å². The summed E-state index contributed by atoms with van der Waals surface area (Å²) in [6, 6.07) is 5.43. The van der Waals surface area contributed by atoms with Crippen LogP contribution in [0.3, 0.4) is 0 Å². The first-order chi connectivity index (χ1) is 13.1. The monoisotopic (exact) mass is 368 g/mol. The first-order valence-corrected chi connectivity index (χ1v) is 9.49. The van der Waals surface area contributed by atoms with Gasteiger partial charge in [0.25, 0.3) is 11.8 Å². The fraction of sp³-hybridized carbons (Fsp3) is 0.450. The second-order valence-corrected chi connectivity index (χ2v) is 7.07. The summed E-state index contributed by atoms with van der Waals surface area (Å²) >= 11 is 0. The van der Waals surface area contributed by atoms with E-state index in [0.29, 0.717) is 43.2 Å². The molecule has 0 bridgehead atoms. The summed E-state index contributed by atoms with van der Waals surface area (Å²) in [5.41, 5.74) is 4.59. The number of ether oxygens (including phenoxy) is 1. The molecule has 7 nitrogen and oxygen atoms in total. The van der Waals surface area contributed by atoms with Gasteiger partial charge in [-0.1, -0.05) is 6.07 Å². The maximum absolute atomic E-state index is 12.8. The van der Waals surface area contributed by atoms with Gasteiger partial charge in [0.2, 0.25) is 0 Å². The second-order valence-electron chi connectivity index (χ2n) is 7.07. The van der Waals surface area contributed by atoms with Gasteiger partial charge in [0.1, 0.15) is 0 Å². The lowest BCUT2D eigenvalue weighted by Gasteiger charge is -2.27. The number of nitrogens with one attached hydrogen (secondary N) is 2. The molecule has 27 heavy (non-hydrogen) atoms. The molecule has 1 aliphatic carbocycles. The molecule has 0 unspecified atom stereocenters. The number of amides is 2. The summed E-state index contributed by atoms with van der Waals surface area (Å²) in [6.45, 7) is 4.17. The number of fused-ring (bicyclic) bond motifs is 1. The molecule has 142 valence electrons. The number of carbonyl (C=O) groups is 2. The van der Waals surface area contributed by atoms with Crippen LogP contribution in [0.2, 0.25) is 0 Å². The van der Waals surface area contributed by atoms with E-state index in [1.807, 2.05) is 13.0 Å². The molecule has 2 heterocycles. The fourth-order valence-corrected chi connectivity index (χ4v) is 3.79. The van der Waals surface area contributed by atoms with E-state index in [4.69, 9.17) is 4.74 Å². The third-order valence-electron chi connectivity index (χ3n) is 5.38. The molecular formula is C20H24N4O3. The molecular weight excluding hydrogens is 344 g/mol. The van der Waals surface area contributed by atoms with Gasteiger partial charge in [-0.25, -0.2) is 0 Å². The highest BCUT2D eigenvalue weighted by atomic mass is 16.5. The summed E-state index contributed by atoms with van der Waals surface area (Å²) in [7, 11) is 0. The van der Waals surface area contributed by atoms with E-state index in [2.05, 4.69) is 15.5 Å². The van der Waals surface area contributed by atoms with Crippen LogP contribution in [-0.4, -0.2) is 53.2 Å². The van der Waals surface area contributed by atoms with Crippen LogP contribution >= 0.6 is 0 Å². The van der Waals surface area contributed by atoms with E-state index in [-0.39, 0.29) is 11.8 Å². The second kappa shape index (κ2) is 7.52.